The molecule has 0 fully saturated rings. The first-order chi connectivity index (χ1) is 16.8. The Labute approximate surface area is 212 Å². The average molecular weight is 484 g/mol. The lowest BCUT2D eigenvalue weighted by Gasteiger charge is -2.19. The van der Waals surface area contributed by atoms with E-state index < -0.39 is 0 Å². The molecule has 0 aliphatic heterocycles. The third kappa shape index (κ3) is 5.91. The van der Waals surface area contributed by atoms with Gasteiger partial charge in [0.1, 0.15) is 0 Å². The molecule has 3 aromatic carbocycles. The van der Waals surface area contributed by atoms with Crippen molar-refractivity contribution in [2.75, 3.05) is 0 Å². The van der Waals surface area contributed by atoms with Gasteiger partial charge in [0.25, 0.3) is 0 Å². The van der Waals surface area contributed by atoms with Crippen LogP contribution in [0.1, 0.15) is 61.7 Å². The lowest BCUT2D eigenvalue weighted by Crippen LogP contribution is -2.15. The van der Waals surface area contributed by atoms with Crippen LogP contribution in [0.25, 0.3) is 11.4 Å². The van der Waals surface area contributed by atoms with Crippen molar-refractivity contribution in [2.24, 2.45) is 0 Å². The van der Waals surface area contributed by atoms with Crippen LogP contribution in [-0.2, 0) is 18.4 Å². The van der Waals surface area contributed by atoms with Crippen LogP contribution in [-0.4, -0.2) is 25.8 Å². The molecule has 4 rings (SSSR count). The highest BCUT2D eigenvalue weighted by atomic mass is 32.2. The maximum Gasteiger partial charge on any atom is 0.192 e. The Bertz CT molecular complexity index is 1270. The number of benzene rings is 3. The predicted molar refractivity (Wildman–Crippen MR) is 145 cm³/mol. The van der Waals surface area contributed by atoms with E-state index in [0.717, 1.165) is 34.1 Å². The zero-order chi connectivity index (χ0) is 25.0. The van der Waals surface area contributed by atoms with Gasteiger partial charge < -0.3 is 0 Å². The van der Waals surface area contributed by atoms with E-state index in [-0.39, 0.29) is 16.4 Å². The standard InChI is InChI=1S/C30H33N3OS/c1-6-22-12-14-24(15-13-22)27(34)21(2)35-29-32-31-28(33(29)20-23-10-8-7-9-11-23)25-16-18-26(19-17-25)30(3,4)5/h7-19,21H,6,20H2,1-5H3. The van der Waals surface area contributed by atoms with E-state index in [4.69, 9.17) is 0 Å². The molecule has 35 heavy (non-hydrogen) atoms. The van der Waals surface area contributed by atoms with Crippen molar-refractivity contribution in [3.05, 3.63) is 101 Å². The van der Waals surface area contributed by atoms with Gasteiger partial charge in [-0.05, 0) is 35.4 Å². The minimum atomic E-state index is -0.280. The molecule has 5 heteroatoms. The first-order valence-corrected chi connectivity index (χ1v) is 13.0. The molecule has 4 aromatic rings. The third-order valence-electron chi connectivity index (χ3n) is 6.21. The summed E-state index contributed by atoms with van der Waals surface area (Å²) in [6.07, 6.45) is 0.959. The molecule has 0 N–H and O–H groups in total. The molecule has 4 nitrogen and oxygen atoms in total. The molecule has 0 bridgehead atoms. The van der Waals surface area contributed by atoms with Crippen LogP contribution in [0.5, 0.6) is 0 Å². The smallest absolute Gasteiger partial charge is 0.192 e. The van der Waals surface area contributed by atoms with Crippen LogP contribution in [0.4, 0.5) is 0 Å². The number of thioether (sulfide) groups is 1. The van der Waals surface area contributed by atoms with Gasteiger partial charge >= 0.3 is 0 Å². The number of rotatable bonds is 8. The number of Topliss-reactive ketones (excluding diaryl/α,β-unsaturated/α-hetero) is 1. The Morgan fingerprint density at radius 1 is 0.886 bits per heavy atom. The van der Waals surface area contributed by atoms with E-state index in [0.29, 0.717) is 6.54 Å². The second-order valence-electron chi connectivity index (χ2n) is 9.88. The summed E-state index contributed by atoms with van der Waals surface area (Å²) in [5.74, 6) is 0.909. The fourth-order valence-electron chi connectivity index (χ4n) is 3.97. The molecule has 1 unspecified atom stereocenters. The van der Waals surface area contributed by atoms with Crippen molar-refractivity contribution in [2.45, 2.75) is 63.4 Å². The second kappa shape index (κ2) is 10.6. The van der Waals surface area contributed by atoms with Crippen molar-refractivity contribution in [1.82, 2.24) is 14.8 Å². The molecular weight excluding hydrogens is 450 g/mol. The highest BCUT2D eigenvalue weighted by Gasteiger charge is 2.22. The molecule has 0 aliphatic rings. The zero-order valence-corrected chi connectivity index (χ0v) is 22.0. The maximum absolute atomic E-state index is 13.1. The van der Waals surface area contributed by atoms with E-state index in [9.17, 15) is 4.79 Å². The van der Waals surface area contributed by atoms with E-state index in [1.807, 2.05) is 49.4 Å². The summed E-state index contributed by atoms with van der Waals surface area (Å²) in [7, 11) is 0. The van der Waals surface area contributed by atoms with Gasteiger partial charge in [-0.3, -0.25) is 9.36 Å². The fourth-order valence-corrected chi connectivity index (χ4v) is 4.89. The van der Waals surface area contributed by atoms with Gasteiger partial charge in [0.05, 0.1) is 11.8 Å². The van der Waals surface area contributed by atoms with Crippen molar-refractivity contribution in [3.63, 3.8) is 0 Å². The van der Waals surface area contributed by atoms with Crippen molar-refractivity contribution < 1.29 is 4.79 Å². The highest BCUT2D eigenvalue weighted by Crippen LogP contribution is 2.31. The fraction of sp³-hybridized carbons (Fsp3) is 0.300. The molecule has 0 amide bonds. The number of hydrogen-bond acceptors (Lipinski definition) is 4. The van der Waals surface area contributed by atoms with Gasteiger partial charge in [-0.1, -0.05) is 118 Å². The molecule has 0 saturated heterocycles. The van der Waals surface area contributed by atoms with Crippen LogP contribution in [0.3, 0.4) is 0 Å². The second-order valence-corrected chi connectivity index (χ2v) is 11.2. The van der Waals surface area contributed by atoms with Crippen LogP contribution in [0.2, 0.25) is 0 Å². The number of aryl methyl sites for hydroxylation is 1. The third-order valence-corrected chi connectivity index (χ3v) is 7.29. The van der Waals surface area contributed by atoms with Crippen molar-refractivity contribution >= 4 is 17.5 Å². The Kier molecular flexibility index (Phi) is 7.56. The van der Waals surface area contributed by atoms with Gasteiger partial charge in [0.15, 0.2) is 16.8 Å². The number of ketones is 1. The molecule has 0 radical (unpaired) electrons. The lowest BCUT2D eigenvalue weighted by atomic mass is 9.87. The Hall–Kier alpha value is -3.18. The van der Waals surface area contributed by atoms with E-state index >= 15 is 0 Å². The normalized spacial score (nSPS) is 12.5. The minimum absolute atomic E-state index is 0.0857. The molecule has 1 heterocycles. The first-order valence-electron chi connectivity index (χ1n) is 12.1. The summed E-state index contributed by atoms with van der Waals surface area (Å²) in [6.45, 7) is 11.3. The van der Waals surface area contributed by atoms with E-state index in [2.05, 4.69) is 78.9 Å². The number of nitrogens with zero attached hydrogens (tertiary/aromatic N) is 3. The molecule has 0 spiro atoms. The van der Waals surface area contributed by atoms with Crippen LogP contribution in [0.15, 0.2) is 84.0 Å². The molecule has 180 valence electrons. The average Bonchev–Trinajstić information content (AvgIpc) is 3.25. The van der Waals surface area contributed by atoms with Crippen LogP contribution in [0, 0.1) is 0 Å². The SMILES string of the molecule is CCc1ccc(C(=O)C(C)Sc2nnc(-c3ccc(C(C)(C)C)cc3)n2Cc2ccccc2)cc1. The van der Waals surface area contributed by atoms with Crippen LogP contribution >= 0.6 is 11.8 Å². The summed E-state index contributed by atoms with van der Waals surface area (Å²) in [4.78, 5) is 13.1. The maximum atomic E-state index is 13.1. The quantitative estimate of drug-likeness (QED) is 0.196. The molecule has 1 aromatic heterocycles. The highest BCUT2D eigenvalue weighted by molar-refractivity contribution is 8.00. The Balaban J connectivity index is 1.64. The van der Waals surface area contributed by atoms with Gasteiger partial charge in [-0.25, -0.2) is 0 Å². The van der Waals surface area contributed by atoms with E-state index in [1.165, 1.54) is 22.9 Å². The van der Waals surface area contributed by atoms with Crippen molar-refractivity contribution in [3.8, 4) is 11.4 Å². The summed E-state index contributed by atoms with van der Waals surface area (Å²) >= 11 is 1.47. The molecule has 0 saturated carbocycles. The van der Waals surface area contributed by atoms with Crippen molar-refractivity contribution in [1.29, 1.82) is 0 Å². The number of aromatic nitrogens is 3. The molecule has 1 atom stereocenters. The number of carbonyl (C=O) groups excluding carboxylic acids is 1. The van der Waals surface area contributed by atoms with Gasteiger partial charge in [0.2, 0.25) is 0 Å². The molecule has 0 aliphatic carbocycles. The van der Waals surface area contributed by atoms with E-state index in [1.54, 1.807) is 0 Å². The molecular formula is C30H33N3OS. The zero-order valence-electron chi connectivity index (χ0n) is 21.2. The van der Waals surface area contributed by atoms with Gasteiger partial charge in [-0.2, -0.15) is 0 Å². The summed E-state index contributed by atoms with van der Waals surface area (Å²) in [6, 6.07) is 26.8. The lowest BCUT2D eigenvalue weighted by molar-refractivity contribution is 0.0994. The monoisotopic (exact) mass is 483 g/mol. The predicted octanol–water partition coefficient (Wildman–Crippen LogP) is 7.22. The Morgan fingerprint density at radius 3 is 2.14 bits per heavy atom. The number of hydrogen-bond donors (Lipinski definition) is 0. The first kappa shape index (κ1) is 24.9. The summed E-state index contributed by atoms with van der Waals surface area (Å²) in [5, 5.41) is 9.55. The largest absolute Gasteiger partial charge is 0.298 e. The van der Waals surface area contributed by atoms with Gasteiger partial charge in [0, 0.05) is 11.1 Å². The summed E-state index contributed by atoms with van der Waals surface area (Å²) < 4.78 is 2.12. The topological polar surface area (TPSA) is 47.8 Å². The Morgan fingerprint density at radius 2 is 1.54 bits per heavy atom. The van der Waals surface area contributed by atoms with Gasteiger partial charge in [-0.15, -0.1) is 10.2 Å². The minimum Gasteiger partial charge on any atom is -0.298 e. The summed E-state index contributed by atoms with van der Waals surface area (Å²) in [5.41, 5.74) is 5.50. The number of carbonyl (C=O) groups is 1. The van der Waals surface area contributed by atoms with Crippen LogP contribution < -0.4 is 0 Å².